The van der Waals surface area contributed by atoms with E-state index in [-0.39, 0.29) is 0 Å². The predicted octanol–water partition coefficient (Wildman–Crippen LogP) is 12.9. The average Bonchev–Trinajstić information content (AvgIpc) is 2.98. The molecule has 0 aliphatic rings. The molecule has 0 amide bonds. The van der Waals surface area contributed by atoms with Crippen LogP contribution in [0.4, 0.5) is 0 Å². The van der Waals surface area contributed by atoms with Gasteiger partial charge in [-0.1, -0.05) is 175 Å². The van der Waals surface area contributed by atoms with E-state index in [1.165, 1.54) is 223 Å². The second kappa shape index (κ2) is 34.4. The first-order chi connectivity index (χ1) is 20.2. The molecule has 0 atom stereocenters. The second-order valence-electron chi connectivity index (χ2n) is 13.9. The topological polar surface area (TPSA) is 20.2 Å². The maximum absolute atomic E-state index is 9.76. The lowest BCUT2D eigenvalue weighted by atomic mass is 10.0. The van der Waals surface area contributed by atoms with Gasteiger partial charge in [-0.3, -0.25) is 0 Å². The highest BCUT2D eigenvalue weighted by molar-refractivity contribution is 4.55. The van der Waals surface area contributed by atoms with Gasteiger partial charge in [0, 0.05) is 13.0 Å². The van der Waals surface area contributed by atoms with Gasteiger partial charge in [0.05, 0.1) is 26.2 Å². The normalized spacial score (nSPS) is 12.0. The number of aliphatic hydroxyl groups is 1. The summed E-state index contributed by atoms with van der Waals surface area (Å²) in [7, 11) is 0. The lowest BCUT2D eigenvalue weighted by Crippen LogP contribution is -2.51. The molecule has 0 heterocycles. The van der Waals surface area contributed by atoms with Crippen molar-refractivity contribution in [2.24, 2.45) is 0 Å². The van der Waals surface area contributed by atoms with E-state index >= 15 is 0 Å². The van der Waals surface area contributed by atoms with Crippen molar-refractivity contribution in [2.45, 2.75) is 220 Å². The summed E-state index contributed by atoms with van der Waals surface area (Å²) in [5.41, 5.74) is 0. The van der Waals surface area contributed by atoms with Crippen LogP contribution in [0.1, 0.15) is 220 Å². The Morgan fingerprint density at radius 2 is 0.463 bits per heavy atom. The fourth-order valence-electron chi connectivity index (χ4n) is 6.88. The summed E-state index contributed by atoms with van der Waals surface area (Å²) in [6.07, 6.45) is 43.8. The molecule has 0 radical (unpaired) electrons. The quantitative estimate of drug-likeness (QED) is 0.0577. The van der Waals surface area contributed by atoms with Crippen molar-refractivity contribution >= 4 is 0 Å². The smallest absolute Gasteiger partial charge is 0.0808 e. The zero-order chi connectivity index (χ0) is 30.0. The van der Waals surface area contributed by atoms with E-state index in [0.717, 1.165) is 6.42 Å². The highest BCUT2D eigenvalue weighted by atomic mass is 16.3. The molecule has 0 saturated carbocycles. The number of hydrogen-bond acceptors (Lipinski definition) is 1. The van der Waals surface area contributed by atoms with E-state index in [4.69, 9.17) is 0 Å². The zero-order valence-corrected chi connectivity index (χ0v) is 29.4. The predicted molar refractivity (Wildman–Crippen MR) is 187 cm³/mol. The van der Waals surface area contributed by atoms with Crippen LogP contribution >= 0.6 is 0 Å². The van der Waals surface area contributed by atoms with E-state index in [0.29, 0.717) is 6.61 Å². The Kier molecular flexibility index (Phi) is 34.3. The van der Waals surface area contributed by atoms with E-state index in [2.05, 4.69) is 20.8 Å². The molecule has 2 heteroatoms. The third kappa shape index (κ3) is 29.8. The molecule has 0 saturated heterocycles. The minimum atomic E-state index is 0.369. The van der Waals surface area contributed by atoms with Crippen molar-refractivity contribution in [2.75, 3.05) is 32.8 Å². The third-order valence-electron chi connectivity index (χ3n) is 9.75. The first kappa shape index (κ1) is 40.9. The SMILES string of the molecule is CCCCCCCCCCCC[N+](CCCO)(CCCCCCCCCCCC)CCCCCCCCCCCC. The molecular formula is C39H82NO+. The minimum absolute atomic E-state index is 0.369. The fourth-order valence-corrected chi connectivity index (χ4v) is 6.88. The van der Waals surface area contributed by atoms with Crippen molar-refractivity contribution in [1.82, 2.24) is 0 Å². The van der Waals surface area contributed by atoms with E-state index in [1.807, 2.05) is 0 Å². The number of nitrogens with zero attached hydrogens (tertiary/aromatic N) is 1. The molecule has 0 fully saturated rings. The molecule has 0 aromatic rings. The van der Waals surface area contributed by atoms with Gasteiger partial charge in [-0.2, -0.15) is 0 Å². The summed E-state index contributed by atoms with van der Waals surface area (Å²) in [5, 5.41) is 9.76. The number of unbranched alkanes of at least 4 members (excludes halogenated alkanes) is 27. The van der Waals surface area contributed by atoms with Crippen LogP contribution in [-0.2, 0) is 0 Å². The molecule has 0 aromatic carbocycles. The van der Waals surface area contributed by atoms with Crippen molar-refractivity contribution < 1.29 is 9.59 Å². The molecule has 0 aromatic heterocycles. The highest BCUT2D eigenvalue weighted by Crippen LogP contribution is 2.20. The van der Waals surface area contributed by atoms with Crippen LogP contribution < -0.4 is 0 Å². The molecule has 0 spiro atoms. The standard InChI is InChI=1S/C39H82NO/c1-4-7-10-13-16-19-22-25-28-31-35-40(38-34-39-41,36-32-29-26-23-20-17-14-11-8-5-2)37-33-30-27-24-21-18-15-12-9-6-3/h41H,4-39H2,1-3H3/q+1. The minimum Gasteiger partial charge on any atom is -0.396 e. The van der Waals surface area contributed by atoms with Crippen LogP contribution in [0.15, 0.2) is 0 Å². The molecule has 41 heavy (non-hydrogen) atoms. The number of quaternary nitrogens is 1. The van der Waals surface area contributed by atoms with Gasteiger partial charge in [-0.05, 0) is 38.5 Å². The molecule has 248 valence electrons. The first-order valence-corrected chi connectivity index (χ1v) is 19.7. The Morgan fingerprint density at radius 1 is 0.268 bits per heavy atom. The summed E-state index contributed by atoms with van der Waals surface area (Å²) in [5.74, 6) is 0. The molecule has 0 rings (SSSR count). The second-order valence-corrected chi connectivity index (χ2v) is 13.9. The molecule has 2 nitrogen and oxygen atoms in total. The molecule has 0 bridgehead atoms. The van der Waals surface area contributed by atoms with Gasteiger partial charge in [0.1, 0.15) is 0 Å². The Bertz CT molecular complexity index is 405. The Hall–Kier alpha value is -0.0800. The van der Waals surface area contributed by atoms with Gasteiger partial charge in [-0.15, -0.1) is 0 Å². The Balaban J connectivity index is 4.47. The van der Waals surface area contributed by atoms with Crippen molar-refractivity contribution in [3.63, 3.8) is 0 Å². The van der Waals surface area contributed by atoms with Gasteiger partial charge in [0.15, 0.2) is 0 Å². The first-order valence-electron chi connectivity index (χ1n) is 19.7. The summed E-state index contributed by atoms with van der Waals surface area (Å²) in [4.78, 5) is 0. The van der Waals surface area contributed by atoms with Crippen LogP contribution in [0.3, 0.4) is 0 Å². The summed E-state index contributed by atoms with van der Waals surface area (Å²) in [6, 6.07) is 0. The fraction of sp³-hybridized carbons (Fsp3) is 1.00. The van der Waals surface area contributed by atoms with Crippen LogP contribution in [-0.4, -0.2) is 42.4 Å². The van der Waals surface area contributed by atoms with Crippen LogP contribution in [0.25, 0.3) is 0 Å². The Labute approximate surface area is 261 Å². The maximum atomic E-state index is 9.76. The van der Waals surface area contributed by atoms with Crippen LogP contribution in [0, 0.1) is 0 Å². The van der Waals surface area contributed by atoms with Gasteiger partial charge in [0.25, 0.3) is 0 Å². The summed E-state index contributed by atoms with van der Waals surface area (Å²) >= 11 is 0. The third-order valence-corrected chi connectivity index (χ3v) is 9.75. The molecule has 0 aliphatic carbocycles. The molecule has 0 aliphatic heterocycles. The van der Waals surface area contributed by atoms with Gasteiger partial charge in [0.2, 0.25) is 0 Å². The van der Waals surface area contributed by atoms with Crippen LogP contribution in [0.2, 0.25) is 0 Å². The van der Waals surface area contributed by atoms with Crippen molar-refractivity contribution in [3.05, 3.63) is 0 Å². The van der Waals surface area contributed by atoms with Crippen molar-refractivity contribution in [1.29, 1.82) is 0 Å². The lowest BCUT2D eigenvalue weighted by molar-refractivity contribution is -0.929. The number of aliphatic hydroxyl groups excluding tert-OH is 1. The largest absolute Gasteiger partial charge is 0.396 e. The van der Waals surface area contributed by atoms with Gasteiger partial charge in [-0.25, -0.2) is 0 Å². The molecule has 0 unspecified atom stereocenters. The van der Waals surface area contributed by atoms with Gasteiger partial charge < -0.3 is 9.59 Å². The summed E-state index contributed by atoms with van der Waals surface area (Å²) < 4.78 is 1.31. The molecule has 1 N–H and O–H groups in total. The summed E-state index contributed by atoms with van der Waals surface area (Å²) in [6.45, 7) is 12.6. The van der Waals surface area contributed by atoms with Gasteiger partial charge >= 0.3 is 0 Å². The van der Waals surface area contributed by atoms with Crippen molar-refractivity contribution in [3.8, 4) is 0 Å². The zero-order valence-electron chi connectivity index (χ0n) is 29.4. The number of rotatable bonds is 36. The van der Waals surface area contributed by atoms with E-state index in [1.54, 1.807) is 0 Å². The molecular weight excluding hydrogens is 498 g/mol. The lowest BCUT2D eigenvalue weighted by Gasteiger charge is -2.39. The van der Waals surface area contributed by atoms with Crippen LogP contribution in [0.5, 0.6) is 0 Å². The number of hydrogen-bond donors (Lipinski definition) is 1. The monoisotopic (exact) mass is 581 g/mol. The highest BCUT2D eigenvalue weighted by Gasteiger charge is 2.25. The maximum Gasteiger partial charge on any atom is 0.0808 e. The van der Waals surface area contributed by atoms with E-state index < -0.39 is 0 Å². The average molecular weight is 581 g/mol. The van der Waals surface area contributed by atoms with E-state index in [9.17, 15) is 5.11 Å². The Morgan fingerprint density at radius 3 is 0.683 bits per heavy atom.